The highest BCUT2D eigenvalue weighted by atomic mass is 19.1. The molecule has 3 heteroatoms. The standard InChI is InChI=1S/C16H25F2N/c1-11(2)19-8-7-12(3)5-6-14-10-15(17)13(4)9-16(14)18/h9-12,19H,5-8H2,1-4H3. The average molecular weight is 269 g/mol. The molecule has 1 rings (SSSR count). The Hall–Kier alpha value is -0.960. The minimum Gasteiger partial charge on any atom is -0.315 e. The molecule has 1 N–H and O–H groups in total. The first-order valence-electron chi connectivity index (χ1n) is 7.08. The Morgan fingerprint density at radius 2 is 1.74 bits per heavy atom. The van der Waals surface area contributed by atoms with E-state index < -0.39 is 0 Å². The van der Waals surface area contributed by atoms with Crippen LogP contribution in [0.15, 0.2) is 12.1 Å². The summed E-state index contributed by atoms with van der Waals surface area (Å²) in [5, 5.41) is 3.37. The highest BCUT2D eigenvalue weighted by Crippen LogP contribution is 2.18. The van der Waals surface area contributed by atoms with Gasteiger partial charge in [0.15, 0.2) is 0 Å². The van der Waals surface area contributed by atoms with Crippen LogP contribution in [0.25, 0.3) is 0 Å². The molecule has 1 atom stereocenters. The SMILES string of the molecule is Cc1cc(F)c(CCC(C)CCNC(C)C)cc1F. The summed E-state index contributed by atoms with van der Waals surface area (Å²) in [5.74, 6) is -0.0908. The minimum atomic E-state index is -0.314. The zero-order chi connectivity index (χ0) is 14.4. The van der Waals surface area contributed by atoms with Gasteiger partial charge < -0.3 is 5.32 Å². The van der Waals surface area contributed by atoms with Gasteiger partial charge in [0.05, 0.1) is 0 Å². The molecule has 1 nitrogen and oxygen atoms in total. The lowest BCUT2D eigenvalue weighted by Crippen LogP contribution is -2.25. The molecule has 19 heavy (non-hydrogen) atoms. The number of halogens is 2. The van der Waals surface area contributed by atoms with Crippen LogP contribution >= 0.6 is 0 Å². The van der Waals surface area contributed by atoms with Gasteiger partial charge in [0, 0.05) is 6.04 Å². The van der Waals surface area contributed by atoms with Crippen LogP contribution in [0.5, 0.6) is 0 Å². The van der Waals surface area contributed by atoms with Crippen LogP contribution in [0.2, 0.25) is 0 Å². The van der Waals surface area contributed by atoms with Crippen molar-refractivity contribution >= 4 is 0 Å². The summed E-state index contributed by atoms with van der Waals surface area (Å²) in [5.41, 5.74) is 0.863. The number of hydrogen-bond acceptors (Lipinski definition) is 1. The molecule has 0 aliphatic heterocycles. The summed E-state index contributed by atoms with van der Waals surface area (Å²) >= 11 is 0. The van der Waals surface area contributed by atoms with Gasteiger partial charge in [-0.15, -0.1) is 0 Å². The van der Waals surface area contributed by atoms with Gasteiger partial charge >= 0.3 is 0 Å². The molecule has 0 heterocycles. The molecular formula is C16H25F2N. The van der Waals surface area contributed by atoms with Crippen LogP contribution in [0.1, 0.15) is 44.7 Å². The first-order valence-corrected chi connectivity index (χ1v) is 7.08. The zero-order valence-corrected chi connectivity index (χ0v) is 12.4. The van der Waals surface area contributed by atoms with Crippen molar-refractivity contribution in [3.8, 4) is 0 Å². The fourth-order valence-corrected chi connectivity index (χ4v) is 2.04. The van der Waals surface area contributed by atoms with E-state index in [1.165, 1.54) is 12.1 Å². The molecule has 0 amide bonds. The molecule has 0 aromatic heterocycles. The maximum atomic E-state index is 13.7. The van der Waals surface area contributed by atoms with Crippen LogP contribution < -0.4 is 5.32 Å². The van der Waals surface area contributed by atoms with E-state index in [1.54, 1.807) is 6.92 Å². The maximum absolute atomic E-state index is 13.7. The predicted molar refractivity (Wildman–Crippen MR) is 76.3 cm³/mol. The fraction of sp³-hybridized carbons (Fsp3) is 0.625. The number of hydrogen-bond donors (Lipinski definition) is 1. The van der Waals surface area contributed by atoms with Gasteiger partial charge in [0.25, 0.3) is 0 Å². The van der Waals surface area contributed by atoms with Crippen molar-refractivity contribution in [3.63, 3.8) is 0 Å². The summed E-state index contributed by atoms with van der Waals surface area (Å²) in [7, 11) is 0. The second-order valence-corrected chi connectivity index (χ2v) is 5.73. The second kappa shape index (κ2) is 7.59. The summed E-state index contributed by atoms with van der Waals surface area (Å²) in [6.07, 6.45) is 2.55. The summed E-state index contributed by atoms with van der Waals surface area (Å²) < 4.78 is 27.1. The quantitative estimate of drug-likeness (QED) is 0.781. The maximum Gasteiger partial charge on any atom is 0.126 e. The van der Waals surface area contributed by atoms with Crippen LogP contribution in [-0.2, 0) is 6.42 Å². The third kappa shape index (κ3) is 5.68. The smallest absolute Gasteiger partial charge is 0.126 e. The number of aryl methyl sites for hydroxylation is 2. The Morgan fingerprint density at radius 3 is 2.37 bits per heavy atom. The lowest BCUT2D eigenvalue weighted by atomic mass is 9.97. The van der Waals surface area contributed by atoms with E-state index in [9.17, 15) is 8.78 Å². The molecule has 0 radical (unpaired) electrons. The van der Waals surface area contributed by atoms with Crippen LogP contribution in [0.3, 0.4) is 0 Å². The third-order valence-electron chi connectivity index (χ3n) is 3.42. The zero-order valence-electron chi connectivity index (χ0n) is 12.4. The van der Waals surface area contributed by atoms with Crippen molar-refractivity contribution < 1.29 is 8.78 Å². The van der Waals surface area contributed by atoms with Crippen LogP contribution in [-0.4, -0.2) is 12.6 Å². The van der Waals surface area contributed by atoms with Crippen LogP contribution in [0.4, 0.5) is 8.78 Å². The van der Waals surface area contributed by atoms with Crippen molar-refractivity contribution in [2.75, 3.05) is 6.54 Å². The van der Waals surface area contributed by atoms with E-state index in [1.807, 2.05) is 0 Å². The van der Waals surface area contributed by atoms with Gasteiger partial charge in [-0.25, -0.2) is 8.78 Å². The molecule has 1 unspecified atom stereocenters. The van der Waals surface area contributed by atoms with Gasteiger partial charge in [0.1, 0.15) is 11.6 Å². The Balaban J connectivity index is 2.42. The highest BCUT2D eigenvalue weighted by molar-refractivity contribution is 5.25. The molecule has 0 spiro atoms. The molecule has 0 saturated carbocycles. The lowest BCUT2D eigenvalue weighted by Gasteiger charge is -2.14. The molecular weight excluding hydrogens is 244 g/mol. The van der Waals surface area contributed by atoms with Crippen LogP contribution in [0, 0.1) is 24.5 Å². The normalized spacial score (nSPS) is 13.0. The molecule has 0 saturated heterocycles. The topological polar surface area (TPSA) is 12.0 Å². The molecule has 108 valence electrons. The van der Waals surface area contributed by atoms with E-state index in [0.717, 1.165) is 19.4 Å². The molecule has 0 aliphatic rings. The monoisotopic (exact) mass is 269 g/mol. The Morgan fingerprint density at radius 1 is 1.05 bits per heavy atom. The van der Waals surface area contributed by atoms with Gasteiger partial charge in [-0.1, -0.05) is 20.8 Å². The van der Waals surface area contributed by atoms with Crippen molar-refractivity contribution in [2.24, 2.45) is 5.92 Å². The molecule has 0 bridgehead atoms. The van der Waals surface area contributed by atoms with E-state index in [2.05, 4.69) is 26.1 Å². The molecule has 1 aromatic carbocycles. The lowest BCUT2D eigenvalue weighted by molar-refractivity contribution is 0.449. The van der Waals surface area contributed by atoms with Crippen molar-refractivity contribution in [2.45, 2.75) is 53.0 Å². The predicted octanol–water partition coefficient (Wildman–Crippen LogP) is 4.23. The first kappa shape index (κ1) is 16.1. The highest BCUT2D eigenvalue weighted by Gasteiger charge is 2.09. The Kier molecular flexibility index (Phi) is 6.43. The van der Waals surface area contributed by atoms with Gasteiger partial charge in [-0.3, -0.25) is 0 Å². The van der Waals surface area contributed by atoms with E-state index in [-0.39, 0.29) is 11.6 Å². The van der Waals surface area contributed by atoms with E-state index in [4.69, 9.17) is 0 Å². The molecule has 0 fully saturated rings. The van der Waals surface area contributed by atoms with Crippen molar-refractivity contribution in [1.29, 1.82) is 0 Å². The van der Waals surface area contributed by atoms with Crippen molar-refractivity contribution in [3.05, 3.63) is 34.9 Å². The summed E-state index contributed by atoms with van der Waals surface area (Å²) in [6, 6.07) is 3.12. The molecule has 0 aliphatic carbocycles. The third-order valence-corrected chi connectivity index (χ3v) is 3.42. The van der Waals surface area contributed by atoms with E-state index in [0.29, 0.717) is 29.5 Å². The number of benzene rings is 1. The number of rotatable bonds is 7. The molecule has 1 aromatic rings. The Labute approximate surface area is 115 Å². The Bertz CT molecular complexity index is 402. The first-order chi connectivity index (χ1) is 8.90. The fourth-order valence-electron chi connectivity index (χ4n) is 2.04. The van der Waals surface area contributed by atoms with Gasteiger partial charge in [0.2, 0.25) is 0 Å². The van der Waals surface area contributed by atoms with Crippen molar-refractivity contribution in [1.82, 2.24) is 5.32 Å². The summed E-state index contributed by atoms with van der Waals surface area (Å²) in [4.78, 5) is 0. The van der Waals surface area contributed by atoms with E-state index >= 15 is 0 Å². The average Bonchev–Trinajstić information content (AvgIpc) is 2.31. The largest absolute Gasteiger partial charge is 0.315 e. The van der Waals surface area contributed by atoms with Gasteiger partial charge in [-0.2, -0.15) is 0 Å². The number of nitrogens with one attached hydrogen (secondary N) is 1. The van der Waals surface area contributed by atoms with Gasteiger partial charge in [-0.05, 0) is 61.9 Å². The minimum absolute atomic E-state index is 0.286. The summed E-state index contributed by atoms with van der Waals surface area (Å²) in [6.45, 7) is 8.96. The second-order valence-electron chi connectivity index (χ2n) is 5.73.